The Morgan fingerprint density at radius 2 is 1.57 bits per heavy atom. The van der Waals surface area contributed by atoms with Gasteiger partial charge in [-0.15, -0.1) is 0 Å². The van der Waals surface area contributed by atoms with Crippen molar-refractivity contribution in [2.75, 3.05) is 4.90 Å². The fourth-order valence-electron chi connectivity index (χ4n) is 5.16. The molecule has 0 spiro atoms. The minimum atomic E-state index is -0.515. The summed E-state index contributed by atoms with van der Waals surface area (Å²) in [5.74, 6) is -0.283. The third kappa shape index (κ3) is 7.06. The fraction of sp³-hybridized carbons (Fsp3) is 0.406. The molecule has 0 amide bonds. The van der Waals surface area contributed by atoms with E-state index in [1.165, 1.54) is 43.0 Å². The zero-order chi connectivity index (χ0) is 26.2. The molecule has 0 N–H and O–H groups in total. The van der Waals surface area contributed by atoms with Gasteiger partial charge < -0.3 is 9.74 Å². The number of benzene rings is 2. The molecule has 0 atom stereocenters. The molecule has 0 radical (unpaired) electrons. The Balaban J connectivity index is 1.61. The summed E-state index contributed by atoms with van der Waals surface area (Å²) in [6, 6.07) is 16.4. The first-order chi connectivity index (χ1) is 17.9. The minimum absolute atomic E-state index is 0.173. The standard InChI is InChI=1S/C32H38N2O3/c1-4-25-12-18-29(19-13-25)34(28-16-10-23(2)11-17-28)30-20-14-27(15-21-30)32(36)31(33-37-24(3)35)22-26-8-6-5-7-9-26/h10,12-16,18-21,26H,4-9,11,17,22H2,1-3H3/b33-31+. The third-order valence-electron chi connectivity index (χ3n) is 7.37. The molecule has 0 heterocycles. The topological polar surface area (TPSA) is 59.0 Å². The number of carbonyl (C=O) groups excluding carboxylic acids is 2. The molecule has 2 aromatic carbocycles. The molecule has 37 heavy (non-hydrogen) atoms. The number of aryl methyl sites for hydroxylation is 1. The van der Waals surface area contributed by atoms with Crippen molar-refractivity contribution < 1.29 is 14.4 Å². The number of oxime groups is 1. The van der Waals surface area contributed by atoms with Crippen molar-refractivity contribution in [3.8, 4) is 0 Å². The van der Waals surface area contributed by atoms with Crippen LogP contribution in [0.25, 0.3) is 0 Å². The van der Waals surface area contributed by atoms with Gasteiger partial charge in [0.1, 0.15) is 5.71 Å². The summed E-state index contributed by atoms with van der Waals surface area (Å²) < 4.78 is 0. The highest BCUT2D eigenvalue weighted by Gasteiger charge is 2.23. The van der Waals surface area contributed by atoms with Gasteiger partial charge in [-0.2, -0.15) is 0 Å². The Kier molecular flexibility index (Phi) is 9.10. The van der Waals surface area contributed by atoms with Gasteiger partial charge in [0, 0.05) is 29.6 Å². The first-order valence-corrected chi connectivity index (χ1v) is 13.6. The molecule has 1 fully saturated rings. The molecule has 5 nitrogen and oxygen atoms in total. The van der Waals surface area contributed by atoms with Crippen molar-refractivity contribution in [1.82, 2.24) is 0 Å². The van der Waals surface area contributed by atoms with E-state index in [2.05, 4.69) is 60.3 Å². The van der Waals surface area contributed by atoms with Crippen molar-refractivity contribution in [2.45, 2.75) is 78.6 Å². The average Bonchev–Trinajstić information content (AvgIpc) is 2.93. The Bertz CT molecular complexity index is 1180. The van der Waals surface area contributed by atoms with Crippen molar-refractivity contribution in [1.29, 1.82) is 0 Å². The minimum Gasteiger partial charge on any atom is -0.318 e. The highest BCUT2D eigenvalue weighted by Crippen LogP contribution is 2.35. The lowest BCUT2D eigenvalue weighted by Crippen LogP contribution is -2.21. The zero-order valence-electron chi connectivity index (χ0n) is 22.3. The number of anilines is 2. The Hall–Kier alpha value is -3.47. The van der Waals surface area contributed by atoms with Crippen molar-refractivity contribution in [3.05, 3.63) is 83.1 Å². The lowest BCUT2D eigenvalue weighted by atomic mass is 9.84. The van der Waals surface area contributed by atoms with E-state index in [1.807, 2.05) is 24.3 Å². The molecule has 194 valence electrons. The maximum atomic E-state index is 13.4. The average molecular weight is 499 g/mol. The van der Waals surface area contributed by atoms with Crippen LogP contribution in [-0.2, 0) is 16.1 Å². The number of hydrogen-bond acceptors (Lipinski definition) is 5. The van der Waals surface area contributed by atoms with E-state index in [9.17, 15) is 9.59 Å². The number of nitrogens with zero attached hydrogens (tertiary/aromatic N) is 2. The molecule has 5 heteroatoms. The number of carbonyl (C=O) groups is 2. The van der Waals surface area contributed by atoms with E-state index in [1.54, 1.807) is 0 Å². The second-order valence-electron chi connectivity index (χ2n) is 10.2. The predicted molar refractivity (Wildman–Crippen MR) is 150 cm³/mol. The van der Waals surface area contributed by atoms with Gasteiger partial charge in [0.15, 0.2) is 0 Å². The lowest BCUT2D eigenvalue weighted by Gasteiger charge is -2.30. The summed E-state index contributed by atoms with van der Waals surface area (Å²) in [5.41, 5.74) is 6.90. The second kappa shape index (κ2) is 12.7. The van der Waals surface area contributed by atoms with Crippen LogP contribution in [0.4, 0.5) is 11.4 Å². The van der Waals surface area contributed by atoms with Crippen LogP contribution in [0.2, 0.25) is 0 Å². The number of hydrogen-bond donors (Lipinski definition) is 0. The van der Waals surface area contributed by atoms with E-state index in [0.717, 1.165) is 43.5 Å². The predicted octanol–water partition coefficient (Wildman–Crippen LogP) is 8.08. The van der Waals surface area contributed by atoms with Gasteiger partial charge in [-0.3, -0.25) is 4.79 Å². The largest absolute Gasteiger partial charge is 0.331 e. The molecule has 1 saturated carbocycles. The Morgan fingerprint density at radius 1 is 0.919 bits per heavy atom. The number of rotatable bonds is 9. The Labute approximate surface area is 220 Å². The molecular weight excluding hydrogens is 460 g/mol. The maximum Gasteiger partial charge on any atom is 0.331 e. The first-order valence-electron chi connectivity index (χ1n) is 13.6. The SMILES string of the molecule is CCc1ccc(N(C2=CC=C(C)CC2)c2ccc(C(=O)/C(CC3CCCCC3)=N/OC(C)=O)cc2)cc1. The highest BCUT2D eigenvalue weighted by molar-refractivity contribution is 6.46. The third-order valence-corrected chi connectivity index (χ3v) is 7.37. The van der Waals surface area contributed by atoms with Crippen LogP contribution in [0.1, 0.15) is 88.1 Å². The van der Waals surface area contributed by atoms with Crippen LogP contribution in [0.3, 0.4) is 0 Å². The fourth-order valence-corrected chi connectivity index (χ4v) is 5.16. The molecule has 2 aromatic rings. The van der Waals surface area contributed by atoms with Gasteiger partial charge in [0.25, 0.3) is 0 Å². The van der Waals surface area contributed by atoms with E-state index in [4.69, 9.17) is 4.84 Å². The summed E-state index contributed by atoms with van der Waals surface area (Å²) in [5, 5.41) is 3.99. The zero-order valence-corrected chi connectivity index (χ0v) is 22.3. The van der Waals surface area contributed by atoms with Gasteiger partial charge in [-0.05, 0) is 86.6 Å². The van der Waals surface area contributed by atoms with E-state index in [0.29, 0.717) is 23.6 Å². The summed E-state index contributed by atoms with van der Waals surface area (Å²) in [7, 11) is 0. The van der Waals surface area contributed by atoms with Crippen LogP contribution >= 0.6 is 0 Å². The molecule has 2 aliphatic carbocycles. The molecule has 0 unspecified atom stereocenters. The van der Waals surface area contributed by atoms with Crippen LogP contribution in [0.15, 0.2) is 77.1 Å². The van der Waals surface area contributed by atoms with E-state index in [-0.39, 0.29) is 5.78 Å². The maximum absolute atomic E-state index is 13.4. The summed E-state index contributed by atoms with van der Waals surface area (Å²) >= 11 is 0. The monoisotopic (exact) mass is 498 g/mol. The van der Waals surface area contributed by atoms with Crippen LogP contribution in [0.5, 0.6) is 0 Å². The molecule has 0 bridgehead atoms. The summed E-state index contributed by atoms with van der Waals surface area (Å²) in [4.78, 5) is 32.0. The van der Waals surface area contributed by atoms with Gasteiger partial charge >= 0.3 is 5.97 Å². The van der Waals surface area contributed by atoms with Crippen molar-refractivity contribution in [2.24, 2.45) is 11.1 Å². The van der Waals surface area contributed by atoms with Crippen LogP contribution < -0.4 is 4.90 Å². The molecule has 0 saturated heterocycles. The highest BCUT2D eigenvalue weighted by atomic mass is 16.7. The van der Waals surface area contributed by atoms with Crippen molar-refractivity contribution in [3.63, 3.8) is 0 Å². The second-order valence-corrected chi connectivity index (χ2v) is 10.2. The quantitative estimate of drug-likeness (QED) is 0.152. The molecule has 0 aromatic heterocycles. The first kappa shape index (κ1) is 26.6. The Morgan fingerprint density at radius 3 is 2.14 bits per heavy atom. The molecule has 0 aliphatic heterocycles. The smallest absolute Gasteiger partial charge is 0.318 e. The van der Waals surface area contributed by atoms with Gasteiger partial charge in [0.05, 0.1) is 0 Å². The summed E-state index contributed by atoms with van der Waals surface area (Å²) in [6.07, 6.45) is 13.7. The van der Waals surface area contributed by atoms with Crippen LogP contribution in [-0.4, -0.2) is 17.5 Å². The molecular formula is C32H38N2O3. The number of ketones is 1. The van der Waals surface area contributed by atoms with Gasteiger partial charge in [0.2, 0.25) is 5.78 Å². The van der Waals surface area contributed by atoms with Crippen molar-refractivity contribution >= 4 is 28.8 Å². The summed E-state index contributed by atoms with van der Waals surface area (Å²) in [6.45, 7) is 5.63. The van der Waals surface area contributed by atoms with Crippen LogP contribution in [0, 0.1) is 5.92 Å². The molecule has 4 rings (SSSR count). The van der Waals surface area contributed by atoms with E-state index >= 15 is 0 Å². The van der Waals surface area contributed by atoms with Gasteiger partial charge in [-0.25, -0.2) is 4.79 Å². The number of allylic oxidation sites excluding steroid dienone is 4. The normalized spacial score (nSPS) is 16.6. The molecule has 2 aliphatic rings. The lowest BCUT2D eigenvalue weighted by molar-refractivity contribution is -0.140. The van der Waals surface area contributed by atoms with Gasteiger partial charge in [-0.1, -0.05) is 68.0 Å². The number of Topliss-reactive ketones (excluding diaryl/α,β-unsaturated/α-hetero) is 1. The van der Waals surface area contributed by atoms with E-state index < -0.39 is 5.97 Å².